The molecule has 0 aliphatic carbocycles. The van der Waals surface area contributed by atoms with Gasteiger partial charge < -0.3 is 20.3 Å². The topological polar surface area (TPSA) is 61.8 Å². The van der Waals surface area contributed by atoms with Crippen molar-refractivity contribution in [2.75, 3.05) is 38.2 Å². The molecule has 0 amide bonds. The standard InChI is InChI=1S/C25H37N5O.HI/c1-19-18-30(14-15-31-19)23-16-21(11-12-27-23)17-29-24(26-5)28-13-10-20-6-8-22(9-7-20)25(2,3)4;/h6-9,11-12,16,19H,10,13-15,17-18H2,1-5H3,(H2,26,28,29);1H. The number of hydrogen-bond donors (Lipinski definition) is 2. The quantitative estimate of drug-likeness (QED) is 0.321. The molecular formula is C25H38IN5O. The number of morpholine rings is 1. The number of rotatable bonds is 6. The molecule has 1 unspecified atom stereocenters. The molecule has 3 rings (SSSR count). The Balaban J connectivity index is 0.00000363. The lowest BCUT2D eigenvalue weighted by atomic mass is 9.86. The zero-order valence-electron chi connectivity index (χ0n) is 20.0. The van der Waals surface area contributed by atoms with Gasteiger partial charge in [0.15, 0.2) is 5.96 Å². The van der Waals surface area contributed by atoms with Crippen LogP contribution in [0.25, 0.3) is 0 Å². The molecule has 0 spiro atoms. The minimum Gasteiger partial charge on any atom is -0.375 e. The van der Waals surface area contributed by atoms with Crippen molar-refractivity contribution in [2.45, 2.75) is 52.2 Å². The Morgan fingerprint density at radius 2 is 1.91 bits per heavy atom. The number of halogens is 1. The molecular weight excluding hydrogens is 513 g/mol. The fourth-order valence-corrected chi connectivity index (χ4v) is 3.67. The van der Waals surface area contributed by atoms with Crippen molar-refractivity contribution in [2.24, 2.45) is 4.99 Å². The van der Waals surface area contributed by atoms with Crippen LogP contribution in [-0.4, -0.2) is 50.3 Å². The number of anilines is 1. The van der Waals surface area contributed by atoms with E-state index < -0.39 is 0 Å². The van der Waals surface area contributed by atoms with Crippen molar-refractivity contribution >= 4 is 35.8 Å². The highest BCUT2D eigenvalue weighted by Crippen LogP contribution is 2.22. The van der Waals surface area contributed by atoms with E-state index in [1.165, 1.54) is 16.7 Å². The van der Waals surface area contributed by atoms with Crippen LogP contribution in [0.1, 0.15) is 44.4 Å². The van der Waals surface area contributed by atoms with Gasteiger partial charge in [0.1, 0.15) is 5.82 Å². The normalized spacial score (nSPS) is 17.0. The van der Waals surface area contributed by atoms with Gasteiger partial charge in [-0.15, -0.1) is 24.0 Å². The van der Waals surface area contributed by atoms with Crippen LogP contribution >= 0.6 is 24.0 Å². The van der Waals surface area contributed by atoms with Gasteiger partial charge in [0, 0.05) is 39.4 Å². The predicted molar refractivity (Wildman–Crippen MR) is 144 cm³/mol. The summed E-state index contributed by atoms with van der Waals surface area (Å²) in [6.07, 6.45) is 3.08. The van der Waals surface area contributed by atoms with Gasteiger partial charge in [-0.05, 0) is 47.6 Å². The van der Waals surface area contributed by atoms with Crippen LogP contribution in [0.5, 0.6) is 0 Å². The van der Waals surface area contributed by atoms with Crippen molar-refractivity contribution in [1.82, 2.24) is 15.6 Å². The maximum absolute atomic E-state index is 5.64. The second-order valence-electron chi connectivity index (χ2n) is 9.20. The average Bonchev–Trinajstić information content (AvgIpc) is 2.76. The van der Waals surface area contributed by atoms with Gasteiger partial charge in [0.2, 0.25) is 0 Å². The third-order valence-electron chi connectivity index (χ3n) is 5.58. The zero-order chi connectivity index (χ0) is 22.3. The van der Waals surface area contributed by atoms with Gasteiger partial charge >= 0.3 is 0 Å². The van der Waals surface area contributed by atoms with E-state index in [1.54, 1.807) is 7.05 Å². The number of hydrogen-bond acceptors (Lipinski definition) is 4. The number of nitrogens with zero attached hydrogens (tertiary/aromatic N) is 3. The molecule has 2 aromatic rings. The number of nitrogens with one attached hydrogen (secondary N) is 2. The molecule has 0 radical (unpaired) electrons. The fourth-order valence-electron chi connectivity index (χ4n) is 3.67. The summed E-state index contributed by atoms with van der Waals surface area (Å²) in [4.78, 5) is 11.2. The molecule has 1 atom stereocenters. The average molecular weight is 552 g/mol. The van der Waals surface area contributed by atoms with Crippen LogP contribution in [0.4, 0.5) is 5.82 Å². The largest absolute Gasteiger partial charge is 0.375 e. The van der Waals surface area contributed by atoms with E-state index in [0.717, 1.165) is 44.4 Å². The third kappa shape index (κ3) is 7.92. The van der Waals surface area contributed by atoms with Gasteiger partial charge in [-0.25, -0.2) is 4.98 Å². The van der Waals surface area contributed by atoms with Gasteiger partial charge in [0.05, 0.1) is 12.7 Å². The van der Waals surface area contributed by atoms with Gasteiger partial charge in [-0.3, -0.25) is 4.99 Å². The zero-order valence-corrected chi connectivity index (χ0v) is 22.3. The summed E-state index contributed by atoms with van der Waals surface area (Å²) in [6.45, 7) is 12.9. The van der Waals surface area contributed by atoms with Gasteiger partial charge in [-0.2, -0.15) is 0 Å². The molecule has 1 saturated heterocycles. The van der Waals surface area contributed by atoms with E-state index in [-0.39, 0.29) is 35.5 Å². The van der Waals surface area contributed by atoms with E-state index in [4.69, 9.17) is 4.74 Å². The number of aromatic nitrogens is 1. The smallest absolute Gasteiger partial charge is 0.191 e. The summed E-state index contributed by atoms with van der Waals surface area (Å²) in [6, 6.07) is 13.1. The molecule has 32 heavy (non-hydrogen) atoms. The van der Waals surface area contributed by atoms with Gasteiger partial charge in [0.25, 0.3) is 0 Å². The van der Waals surface area contributed by atoms with Crippen LogP contribution in [0.15, 0.2) is 47.6 Å². The Morgan fingerprint density at radius 1 is 1.16 bits per heavy atom. The van der Waals surface area contributed by atoms with Crippen molar-refractivity contribution in [1.29, 1.82) is 0 Å². The van der Waals surface area contributed by atoms with Crippen LogP contribution in [0.2, 0.25) is 0 Å². The molecule has 1 aliphatic heterocycles. The van der Waals surface area contributed by atoms with Crippen molar-refractivity contribution in [3.63, 3.8) is 0 Å². The highest BCUT2D eigenvalue weighted by atomic mass is 127. The van der Waals surface area contributed by atoms with E-state index in [1.807, 2.05) is 12.3 Å². The molecule has 2 heterocycles. The summed E-state index contributed by atoms with van der Waals surface area (Å²) in [5.41, 5.74) is 4.07. The first-order chi connectivity index (χ1) is 14.8. The van der Waals surface area contributed by atoms with Crippen LogP contribution < -0.4 is 15.5 Å². The number of benzene rings is 1. The molecule has 7 heteroatoms. The van der Waals surface area contributed by atoms with E-state index in [2.05, 4.69) is 83.5 Å². The van der Waals surface area contributed by atoms with E-state index in [0.29, 0.717) is 6.54 Å². The second kappa shape index (κ2) is 12.4. The lowest BCUT2D eigenvalue weighted by Crippen LogP contribution is -2.41. The first-order valence-corrected chi connectivity index (χ1v) is 11.2. The van der Waals surface area contributed by atoms with Crippen molar-refractivity contribution in [3.05, 3.63) is 59.3 Å². The summed E-state index contributed by atoms with van der Waals surface area (Å²) >= 11 is 0. The number of aliphatic imine (C=N–C) groups is 1. The van der Waals surface area contributed by atoms with Crippen LogP contribution in [0, 0.1) is 0 Å². The Labute approximate surface area is 210 Å². The second-order valence-corrected chi connectivity index (χ2v) is 9.20. The molecule has 0 bridgehead atoms. The number of pyridine rings is 1. The number of guanidine groups is 1. The van der Waals surface area contributed by atoms with Crippen molar-refractivity contribution < 1.29 is 4.74 Å². The summed E-state index contributed by atoms with van der Waals surface area (Å²) in [5, 5.41) is 6.82. The summed E-state index contributed by atoms with van der Waals surface area (Å²) < 4.78 is 5.64. The molecule has 1 fully saturated rings. The molecule has 6 nitrogen and oxygen atoms in total. The Morgan fingerprint density at radius 3 is 2.56 bits per heavy atom. The summed E-state index contributed by atoms with van der Waals surface area (Å²) in [5.74, 6) is 1.82. The maximum Gasteiger partial charge on any atom is 0.191 e. The lowest BCUT2D eigenvalue weighted by Gasteiger charge is -2.32. The van der Waals surface area contributed by atoms with Gasteiger partial charge in [-0.1, -0.05) is 45.0 Å². The third-order valence-corrected chi connectivity index (χ3v) is 5.58. The minimum absolute atomic E-state index is 0. The monoisotopic (exact) mass is 551 g/mol. The molecule has 1 aromatic heterocycles. The van der Waals surface area contributed by atoms with Crippen LogP contribution in [0.3, 0.4) is 0 Å². The fraction of sp³-hybridized carbons (Fsp3) is 0.520. The molecule has 176 valence electrons. The maximum atomic E-state index is 5.64. The van der Waals surface area contributed by atoms with E-state index >= 15 is 0 Å². The Kier molecular flexibility index (Phi) is 10.2. The Bertz CT molecular complexity index is 863. The number of ether oxygens (including phenoxy) is 1. The first-order valence-electron chi connectivity index (χ1n) is 11.2. The lowest BCUT2D eigenvalue weighted by molar-refractivity contribution is 0.0529. The SMILES string of the molecule is CN=C(NCCc1ccc(C(C)(C)C)cc1)NCc1ccnc(N2CCOC(C)C2)c1.I. The Hall–Kier alpha value is -1.87. The molecule has 2 N–H and O–H groups in total. The molecule has 1 aromatic carbocycles. The highest BCUT2D eigenvalue weighted by Gasteiger charge is 2.18. The first kappa shape index (κ1) is 26.4. The van der Waals surface area contributed by atoms with Crippen LogP contribution in [-0.2, 0) is 23.1 Å². The molecule has 1 aliphatic rings. The predicted octanol–water partition coefficient (Wildman–Crippen LogP) is 4.13. The highest BCUT2D eigenvalue weighted by molar-refractivity contribution is 14.0. The summed E-state index contributed by atoms with van der Waals surface area (Å²) in [7, 11) is 1.81. The molecule has 0 saturated carbocycles. The minimum atomic E-state index is 0. The van der Waals surface area contributed by atoms with E-state index in [9.17, 15) is 0 Å². The van der Waals surface area contributed by atoms with Crippen molar-refractivity contribution in [3.8, 4) is 0 Å².